The zero-order chi connectivity index (χ0) is 11.0. The van der Waals surface area contributed by atoms with Crippen molar-refractivity contribution in [1.29, 1.82) is 0 Å². The van der Waals surface area contributed by atoms with E-state index in [2.05, 4.69) is 12.2 Å². The number of rotatable bonds is 3. The first-order valence-electron chi connectivity index (χ1n) is 5.09. The lowest BCUT2D eigenvalue weighted by atomic mass is 10.2. The van der Waals surface area contributed by atoms with Gasteiger partial charge in [-0.3, -0.25) is 10.1 Å². The van der Waals surface area contributed by atoms with Crippen molar-refractivity contribution in [2.45, 2.75) is 26.3 Å². The number of benzene rings is 1. The molecule has 2 atom stereocenters. The second-order valence-corrected chi connectivity index (χ2v) is 4.28. The molecular weight excluding hydrogens is 192 g/mol. The molecule has 1 N–H and O–H groups in total. The van der Waals surface area contributed by atoms with Crippen molar-refractivity contribution in [3.63, 3.8) is 0 Å². The zero-order valence-electron chi connectivity index (χ0n) is 8.86. The molecule has 0 heterocycles. The van der Waals surface area contributed by atoms with Gasteiger partial charge in [-0.05, 0) is 30.9 Å². The maximum absolute atomic E-state index is 10.6. The van der Waals surface area contributed by atoms with Crippen molar-refractivity contribution in [2.24, 2.45) is 5.92 Å². The Bertz CT molecular complexity index is 404. The molecule has 80 valence electrons. The largest absolute Gasteiger partial charge is 0.382 e. The lowest BCUT2D eigenvalue weighted by Gasteiger charge is -2.05. The van der Waals surface area contributed by atoms with E-state index in [1.807, 2.05) is 13.0 Å². The lowest BCUT2D eigenvalue weighted by Crippen LogP contribution is -2.04. The highest BCUT2D eigenvalue weighted by atomic mass is 16.6. The first-order chi connectivity index (χ1) is 7.06. The maximum Gasteiger partial charge on any atom is 0.271 e. The maximum atomic E-state index is 10.6. The Morgan fingerprint density at radius 2 is 2.13 bits per heavy atom. The van der Waals surface area contributed by atoms with Crippen molar-refractivity contribution in [1.82, 2.24) is 0 Å². The van der Waals surface area contributed by atoms with Crippen LogP contribution < -0.4 is 5.32 Å². The summed E-state index contributed by atoms with van der Waals surface area (Å²) in [6, 6.07) is 5.61. The van der Waals surface area contributed by atoms with Gasteiger partial charge >= 0.3 is 0 Å². The summed E-state index contributed by atoms with van der Waals surface area (Å²) < 4.78 is 0. The molecule has 0 bridgehead atoms. The minimum Gasteiger partial charge on any atom is -0.382 e. The molecule has 0 spiro atoms. The molecule has 1 saturated carbocycles. The van der Waals surface area contributed by atoms with E-state index < -0.39 is 0 Å². The molecule has 0 radical (unpaired) electrons. The van der Waals surface area contributed by atoms with Gasteiger partial charge in [0.1, 0.15) is 0 Å². The van der Waals surface area contributed by atoms with Gasteiger partial charge in [0.15, 0.2) is 0 Å². The van der Waals surface area contributed by atoms with Crippen molar-refractivity contribution in [3.05, 3.63) is 33.9 Å². The Balaban J connectivity index is 2.19. The minimum atomic E-state index is -0.353. The molecular formula is C11H14N2O2. The number of aryl methyl sites for hydroxylation is 1. The predicted molar refractivity (Wildman–Crippen MR) is 59.0 cm³/mol. The first-order valence-corrected chi connectivity index (χ1v) is 5.09. The van der Waals surface area contributed by atoms with Gasteiger partial charge in [0.2, 0.25) is 0 Å². The fourth-order valence-corrected chi connectivity index (χ4v) is 1.69. The molecule has 0 aromatic heterocycles. The van der Waals surface area contributed by atoms with Gasteiger partial charge in [-0.2, -0.15) is 0 Å². The van der Waals surface area contributed by atoms with E-state index >= 15 is 0 Å². The summed E-state index contributed by atoms with van der Waals surface area (Å²) in [5.41, 5.74) is 1.93. The Labute approximate surface area is 88.5 Å². The first kappa shape index (κ1) is 9.96. The van der Waals surface area contributed by atoms with E-state index in [4.69, 9.17) is 0 Å². The summed E-state index contributed by atoms with van der Waals surface area (Å²) in [6.07, 6.45) is 1.15. The predicted octanol–water partition coefficient (Wildman–Crippen LogP) is 2.72. The normalized spacial score (nSPS) is 23.6. The second-order valence-electron chi connectivity index (χ2n) is 4.28. The highest BCUT2D eigenvalue weighted by Gasteiger charge is 2.32. The minimum absolute atomic E-state index is 0.158. The summed E-state index contributed by atoms with van der Waals surface area (Å²) in [6.45, 7) is 4.04. The Hall–Kier alpha value is -1.58. The van der Waals surface area contributed by atoms with Crippen molar-refractivity contribution < 1.29 is 4.92 Å². The summed E-state index contributed by atoms with van der Waals surface area (Å²) in [7, 11) is 0. The van der Waals surface area contributed by atoms with Gasteiger partial charge in [-0.15, -0.1) is 0 Å². The number of nitrogens with one attached hydrogen (secondary N) is 1. The van der Waals surface area contributed by atoms with Gasteiger partial charge in [0, 0.05) is 23.9 Å². The number of hydrogen-bond donors (Lipinski definition) is 1. The van der Waals surface area contributed by atoms with Crippen LogP contribution in [0.25, 0.3) is 0 Å². The monoisotopic (exact) mass is 206 g/mol. The molecule has 0 aliphatic heterocycles. The van der Waals surface area contributed by atoms with Gasteiger partial charge in [0.05, 0.1) is 4.92 Å². The number of hydrogen-bond acceptors (Lipinski definition) is 3. The van der Waals surface area contributed by atoms with E-state index in [9.17, 15) is 10.1 Å². The topological polar surface area (TPSA) is 55.2 Å². The van der Waals surface area contributed by atoms with Gasteiger partial charge in [-0.1, -0.05) is 6.92 Å². The van der Waals surface area contributed by atoms with E-state index in [-0.39, 0.29) is 10.6 Å². The Morgan fingerprint density at radius 3 is 2.67 bits per heavy atom. The number of nitrogens with zero attached hydrogens (tertiary/aromatic N) is 1. The molecule has 1 aromatic rings. The van der Waals surface area contributed by atoms with E-state index in [1.165, 1.54) is 0 Å². The number of anilines is 1. The van der Waals surface area contributed by atoms with E-state index in [1.54, 1.807) is 12.1 Å². The van der Waals surface area contributed by atoms with Crippen LogP contribution in [0.2, 0.25) is 0 Å². The zero-order valence-corrected chi connectivity index (χ0v) is 8.86. The van der Waals surface area contributed by atoms with Crippen LogP contribution in [0, 0.1) is 23.0 Å². The third kappa shape index (κ3) is 2.26. The van der Waals surface area contributed by atoms with Crippen LogP contribution in [0.15, 0.2) is 18.2 Å². The van der Waals surface area contributed by atoms with Crippen LogP contribution in [0.5, 0.6) is 0 Å². The third-order valence-electron chi connectivity index (χ3n) is 2.73. The average Bonchev–Trinajstić information content (AvgIpc) is 2.80. The van der Waals surface area contributed by atoms with Gasteiger partial charge in [0.25, 0.3) is 5.69 Å². The molecule has 4 nitrogen and oxygen atoms in total. The summed E-state index contributed by atoms with van der Waals surface area (Å²) in [5.74, 6) is 0.685. The molecule has 2 rings (SSSR count). The van der Waals surface area contributed by atoms with Gasteiger partial charge < -0.3 is 5.32 Å². The van der Waals surface area contributed by atoms with Crippen LogP contribution in [-0.2, 0) is 0 Å². The highest BCUT2D eigenvalue weighted by molar-refractivity contribution is 5.55. The molecule has 4 heteroatoms. The quantitative estimate of drug-likeness (QED) is 0.611. The number of non-ortho nitro benzene ring substituents is 1. The Morgan fingerprint density at radius 1 is 1.47 bits per heavy atom. The van der Waals surface area contributed by atoms with Crippen molar-refractivity contribution >= 4 is 11.4 Å². The molecule has 1 aromatic carbocycles. The average molecular weight is 206 g/mol. The fourth-order valence-electron chi connectivity index (χ4n) is 1.69. The summed E-state index contributed by atoms with van der Waals surface area (Å²) in [5, 5.41) is 13.9. The lowest BCUT2D eigenvalue weighted by molar-refractivity contribution is -0.384. The van der Waals surface area contributed by atoms with Crippen LogP contribution in [-0.4, -0.2) is 11.0 Å². The fraction of sp³-hybridized carbons (Fsp3) is 0.455. The van der Waals surface area contributed by atoms with Crippen molar-refractivity contribution in [3.8, 4) is 0 Å². The molecule has 15 heavy (non-hydrogen) atoms. The van der Waals surface area contributed by atoms with Crippen LogP contribution in [0.3, 0.4) is 0 Å². The summed E-state index contributed by atoms with van der Waals surface area (Å²) in [4.78, 5) is 10.3. The number of nitro groups is 1. The van der Waals surface area contributed by atoms with Crippen LogP contribution in [0.4, 0.5) is 11.4 Å². The van der Waals surface area contributed by atoms with Crippen LogP contribution >= 0.6 is 0 Å². The smallest absolute Gasteiger partial charge is 0.271 e. The van der Waals surface area contributed by atoms with E-state index in [0.29, 0.717) is 12.0 Å². The van der Waals surface area contributed by atoms with E-state index in [0.717, 1.165) is 17.7 Å². The molecule has 0 saturated heterocycles. The molecule has 1 aliphatic rings. The number of nitro benzene ring substituents is 1. The third-order valence-corrected chi connectivity index (χ3v) is 2.73. The summed E-state index contributed by atoms with van der Waals surface area (Å²) >= 11 is 0. The second kappa shape index (κ2) is 3.53. The van der Waals surface area contributed by atoms with Gasteiger partial charge in [-0.25, -0.2) is 0 Å². The molecule has 1 aliphatic carbocycles. The standard InChI is InChI=1S/C11H14N2O2/c1-7-3-9(12-11-5-8(11)2)6-10(4-7)13(14)15/h3-4,6,8,11-12H,5H2,1-2H3. The molecule has 1 fully saturated rings. The Kier molecular flexibility index (Phi) is 2.34. The van der Waals surface area contributed by atoms with Crippen LogP contribution in [0.1, 0.15) is 18.9 Å². The molecule has 0 amide bonds. The highest BCUT2D eigenvalue weighted by Crippen LogP contribution is 2.33. The van der Waals surface area contributed by atoms with Crippen molar-refractivity contribution in [2.75, 3.05) is 5.32 Å². The molecule has 2 unspecified atom stereocenters. The SMILES string of the molecule is Cc1cc(NC2CC2C)cc([N+](=O)[O-])c1.